The molecule has 0 aliphatic heterocycles. The highest BCUT2D eigenvalue weighted by molar-refractivity contribution is 5.85. The van der Waals surface area contributed by atoms with Crippen LogP contribution in [0, 0.1) is 0 Å². The topological polar surface area (TPSA) is 93.8 Å². The van der Waals surface area contributed by atoms with Crippen molar-refractivity contribution >= 4 is 11.8 Å². The van der Waals surface area contributed by atoms with Gasteiger partial charge in [0.05, 0.1) is 13.2 Å². The summed E-state index contributed by atoms with van der Waals surface area (Å²) in [4.78, 5) is 11.7. The first-order valence-corrected chi connectivity index (χ1v) is 6.33. The van der Waals surface area contributed by atoms with Crippen LogP contribution in [0.15, 0.2) is 18.2 Å². The van der Waals surface area contributed by atoms with Crippen molar-refractivity contribution in [1.82, 2.24) is 0 Å². The second-order valence-electron chi connectivity index (χ2n) is 5.34. The third-order valence-corrected chi connectivity index (χ3v) is 2.46. The van der Waals surface area contributed by atoms with E-state index in [1.165, 1.54) is 7.11 Å². The molecule has 1 aromatic carbocycles. The van der Waals surface area contributed by atoms with Crippen LogP contribution in [-0.4, -0.2) is 30.5 Å². The highest BCUT2D eigenvalue weighted by Gasteiger charge is 2.17. The third-order valence-electron chi connectivity index (χ3n) is 2.46. The van der Waals surface area contributed by atoms with E-state index in [-0.39, 0.29) is 6.54 Å². The molecule has 112 valence electrons. The Hall–Kier alpha value is -1.79. The van der Waals surface area contributed by atoms with Gasteiger partial charge in [-0.25, -0.2) is 4.79 Å². The van der Waals surface area contributed by atoms with Crippen LogP contribution in [0.25, 0.3) is 0 Å². The molecule has 20 heavy (non-hydrogen) atoms. The lowest BCUT2D eigenvalue weighted by Crippen LogP contribution is -2.27. The van der Waals surface area contributed by atoms with Gasteiger partial charge in [-0.05, 0) is 26.8 Å². The molecule has 0 fully saturated rings. The number of aliphatic hydroxyl groups is 1. The van der Waals surface area contributed by atoms with Gasteiger partial charge in [-0.2, -0.15) is 0 Å². The van der Waals surface area contributed by atoms with Crippen molar-refractivity contribution in [2.75, 3.05) is 19.0 Å². The Labute approximate surface area is 118 Å². The highest BCUT2D eigenvalue weighted by atomic mass is 16.6. The maximum atomic E-state index is 11.7. The molecule has 0 aliphatic carbocycles. The molecule has 0 spiro atoms. The van der Waals surface area contributed by atoms with Gasteiger partial charge >= 0.3 is 6.09 Å². The third kappa shape index (κ3) is 4.71. The minimum atomic E-state index is -0.805. The van der Waals surface area contributed by atoms with Crippen molar-refractivity contribution < 1.29 is 19.4 Å². The fourth-order valence-electron chi connectivity index (χ4n) is 1.61. The van der Waals surface area contributed by atoms with Crippen LogP contribution < -0.4 is 15.8 Å². The Morgan fingerprint density at radius 3 is 2.60 bits per heavy atom. The zero-order valence-corrected chi connectivity index (χ0v) is 12.3. The monoisotopic (exact) mass is 282 g/mol. The van der Waals surface area contributed by atoms with Gasteiger partial charge in [0, 0.05) is 23.9 Å². The Bertz CT molecular complexity index is 469. The first-order chi connectivity index (χ1) is 9.26. The van der Waals surface area contributed by atoms with Gasteiger partial charge in [-0.3, -0.25) is 5.32 Å². The number of aliphatic hydroxyl groups excluding tert-OH is 1. The van der Waals surface area contributed by atoms with Crippen LogP contribution in [-0.2, 0) is 4.74 Å². The molecule has 0 saturated carbocycles. The average molecular weight is 282 g/mol. The number of ether oxygens (including phenoxy) is 2. The molecule has 1 unspecified atom stereocenters. The Morgan fingerprint density at radius 1 is 1.45 bits per heavy atom. The summed E-state index contributed by atoms with van der Waals surface area (Å²) < 4.78 is 10.3. The quantitative estimate of drug-likeness (QED) is 0.785. The van der Waals surface area contributed by atoms with Gasteiger partial charge in [0.1, 0.15) is 11.4 Å². The SMILES string of the molecule is COc1cc(NC(=O)OC(C)(C)C)ccc1C(O)CN. The predicted octanol–water partition coefficient (Wildman–Crippen LogP) is 2.03. The summed E-state index contributed by atoms with van der Waals surface area (Å²) in [5, 5.41) is 12.4. The van der Waals surface area contributed by atoms with E-state index in [1.54, 1.807) is 39.0 Å². The van der Waals surface area contributed by atoms with E-state index in [0.717, 1.165) is 0 Å². The Kier molecular flexibility index (Phi) is 5.35. The molecule has 0 bridgehead atoms. The normalized spacial score (nSPS) is 12.7. The van der Waals surface area contributed by atoms with E-state index in [1.807, 2.05) is 0 Å². The van der Waals surface area contributed by atoms with Gasteiger partial charge in [0.15, 0.2) is 0 Å². The maximum absolute atomic E-state index is 11.7. The zero-order valence-electron chi connectivity index (χ0n) is 12.3. The van der Waals surface area contributed by atoms with Gasteiger partial charge in [-0.1, -0.05) is 6.07 Å². The predicted molar refractivity (Wildman–Crippen MR) is 76.9 cm³/mol. The molecule has 1 aromatic rings. The van der Waals surface area contributed by atoms with Crippen molar-refractivity contribution in [2.24, 2.45) is 5.73 Å². The summed E-state index contributed by atoms with van der Waals surface area (Å²) >= 11 is 0. The second-order valence-corrected chi connectivity index (χ2v) is 5.34. The molecule has 0 heterocycles. The smallest absolute Gasteiger partial charge is 0.412 e. The Balaban J connectivity index is 2.85. The summed E-state index contributed by atoms with van der Waals surface area (Å²) in [7, 11) is 1.49. The van der Waals surface area contributed by atoms with Gasteiger partial charge in [-0.15, -0.1) is 0 Å². The average Bonchev–Trinajstić information content (AvgIpc) is 2.35. The lowest BCUT2D eigenvalue weighted by atomic mass is 10.1. The lowest BCUT2D eigenvalue weighted by molar-refractivity contribution is 0.0636. The largest absolute Gasteiger partial charge is 0.496 e. The van der Waals surface area contributed by atoms with E-state index in [2.05, 4.69) is 5.32 Å². The number of methoxy groups -OCH3 is 1. The van der Waals surface area contributed by atoms with Crippen LogP contribution in [0.2, 0.25) is 0 Å². The number of anilines is 1. The number of carbonyl (C=O) groups excluding carboxylic acids is 1. The fraction of sp³-hybridized carbons (Fsp3) is 0.500. The molecule has 0 aliphatic rings. The summed E-state index contributed by atoms with van der Waals surface area (Å²) in [5.41, 5.74) is 5.95. The van der Waals surface area contributed by atoms with Gasteiger partial charge in [0.2, 0.25) is 0 Å². The minimum Gasteiger partial charge on any atom is -0.496 e. The minimum absolute atomic E-state index is 0.0925. The fourth-order valence-corrected chi connectivity index (χ4v) is 1.61. The second kappa shape index (κ2) is 6.58. The molecule has 6 heteroatoms. The van der Waals surface area contributed by atoms with Crippen molar-refractivity contribution in [3.63, 3.8) is 0 Å². The molecule has 1 amide bonds. The molecule has 0 saturated heterocycles. The van der Waals surface area contributed by atoms with Crippen LogP contribution in [0.4, 0.5) is 10.5 Å². The van der Waals surface area contributed by atoms with Crippen LogP contribution in [0.3, 0.4) is 0 Å². The number of hydrogen-bond acceptors (Lipinski definition) is 5. The van der Waals surface area contributed by atoms with E-state index in [9.17, 15) is 9.90 Å². The number of benzene rings is 1. The Morgan fingerprint density at radius 2 is 2.10 bits per heavy atom. The van der Waals surface area contributed by atoms with E-state index < -0.39 is 17.8 Å². The first-order valence-electron chi connectivity index (χ1n) is 6.33. The summed E-state index contributed by atoms with van der Waals surface area (Å²) in [6.07, 6.45) is -1.35. The van der Waals surface area contributed by atoms with Crippen molar-refractivity contribution in [3.05, 3.63) is 23.8 Å². The molecule has 0 aromatic heterocycles. The van der Waals surface area contributed by atoms with Crippen molar-refractivity contribution in [1.29, 1.82) is 0 Å². The van der Waals surface area contributed by atoms with Crippen molar-refractivity contribution in [2.45, 2.75) is 32.5 Å². The maximum Gasteiger partial charge on any atom is 0.412 e. The number of nitrogens with one attached hydrogen (secondary N) is 1. The van der Waals surface area contributed by atoms with Gasteiger partial charge in [0.25, 0.3) is 0 Å². The van der Waals surface area contributed by atoms with E-state index in [0.29, 0.717) is 17.0 Å². The molecule has 4 N–H and O–H groups in total. The number of amides is 1. The molecular formula is C14H22N2O4. The summed E-state index contributed by atoms with van der Waals surface area (Å²) in [5.74, 6) is 0.455. The standard InChI is InChI=1S/C14H22N2O4/c1-14(2,3)20-13(18)16-9-5-6-10(11(17)8-15)12(7-9)19-4/h5-7,11,17H,8,15H2,1-4H3,(H,16,18). The van der Waals surface area contributed by atoms with Crippen LogP contribution >= 0.6 is 0 Å². The number of rotatable bonds is 4. The highest BCUT2D eigenvalue weighted by Crippen LogP contribution is 2.28. The lowest BCUT2D eigenvalue weighted by Gasteiger charge is -2.20. The van der Waals surface area contributed by atoms with E-state index in [4.69, 9.17) is 15.2 Å². The summed E-state index contributed by atoms with van der Waals surface area (Å²) in [6, 6.07) is 4.92. The molecule has 1 rings (SSSR count). The zero-order chi connectivity index (χ0) is 15.3. The first kappa shape index (κ1) is 16.3. The molecule has 1 atom stereocenters. The molecule has 0 radical (unpaired) electrons. The van der Waals surface area contributed by atoms with Gasteiger partial charge < -0.3 is 20.3 Å². The van der Waals surface area contributed by atoms with Crippen LogP contribution in [0.5, 0.6) is 5.75 Å². The number of hydrogen-bond donors (Lipinski definition) is 3. The number of nitrogens with two attached hydrogens (primary N) is 1. The number of carbonyl (C=O) groups is 1. The van der Waals surface area contributed by atoms with E-state index >= 15 is 0 Å². The molecule has 6 nitrogen and oxygen atoms in total. The summed E-state index contributed by atoms with van der Waals surface area (Å²) in [6.45, 7) is 5.45. The van der Waals surface area contributed by atoms with Crippen LogP contribution in [0.1, 0.15) is 32.4 Å². The molecular weight excluding hydrogens is 260 g/mol. The van der Waals surface area contributed by atoms with Crippen molar-refractivity contribution in [3.8, 4) is 5.75 Å².